The second-order valence-electron chi connectivity index (χ2n) is 7.90. The van der Waals surface area contributed by atoms with E-state index >= 15 is 0 Å². The number of amides is 1. The van der Waals surface area contributed by atoms with Crippen LogP contribution in [0.1, 0.15) is 21.7 Å². The van der Waals surface area contributed by atoms with Gasteiger partial charge in [0.2, 0.25) is 5.76 Å². The summed E-state index contributed by atoms with van der Waals surface area (Å²) in [7, 11) is 0. The van der Waals surface area contributed by atoms with Crippen LogP contribution >= 0.6 is 15.9 Å². The smallest absolute Gasteiger partial charge is 0.416 e. The molecule has 0 fully saturated rings. The SMILES string of the molecule is NCCOc1c(C(=O)N[C@H](CN)Cc2ccccc2C(F)(F)F)oc(-c2ccnc3[nH]ccc23)c1Br. The Morgan fingerprint density at radius 3 is 2.72 bits per heavy atom. The molecule has 3 heterocycles. The van der Waals surface area contributed by atoms with Crippen molar-refractivity contribution in [2.24, 2.45) is 11.5 Å². The third-order valence-electron chi connectivity index (χ3n) is 5.49. The lowest BCUT2D eigenvalue weighted by atomic mass is 9.99. The summed E-state index contributed by atoms with van der Waals surface area (Å²) in [5, 5.41) is 3.43. The van der Waals surface area contributed by atoms with Crippen molar-refractivity contribution in [1.82, 2.24) is 15.3 Å². The molecule has 1 atom stereocenters. The molecule has 12 heteroatoms. The van der Waals surface area contributed by atoms with Gasteiger partial charge in [0.05, 0.1) is 5.56 Å². The van der Waals surface area contributed by atoms with E-state index in [1.807, 2.05) is 6.07 Å². The maximum Gasteiger partial charge on any atom is 0.416 e. The van der Waals surface area contributed by atoms with E-state index in [1.165, 1.54) is 18.2 Å². The van der Waals surface area contributed by atoms with E-state index in [0.29, 0.717) is 21.4 Å². The van der Waals surface area contributed by atoms with Gasteiger partial charge >= 0.3 is 6.18 Å². The number of benzene rings is 1. The quantitative estimate of drug-likeness (QED) is 0.240. The molecule has 0 aliphatic carbocycles. The van der Waals surface area contributed by atoms with Gasteiger partial charge in [-0.2, -0.15) is 13.2 Å². The number of furan rings is 1. The lowest BCUT2D eigenvalue weighted by Crippen LogP contribution is -2.42. The third kappa shape index (κ3) is 5.25. The van der Waals surface area contributed by atoms with Crippen LogP contribution in [0.4, 0.5) is 13.2 Å². The summed E-state index contributed by atoms with van der Waals surface area (Å²) >= 11 is 3.46. The number of carbonyl (C=O) groups excluding carboxylic acids is 1. The Morgan fingerprint density at radius 2 is 2.00 bits per heavy atom. The molecule has 0 aliphatic rings. The zero-order valence-electron chi connectivity index (χ0n) is 18.9. The van der Waals surface area contributed by atoms with Gasteiger partial charge in [-0.1, -0.05) is 18.2 Å². The van der Waals surface area contributed by atoms with Crippen molar-refractivity contribution in [2.45, 2.75) is 18.6 Å². The Hall–Kier alpha value is -3.35. The first-order valence-corrected chi connectivity index (χ1v) is 11.8. The van der Waals surface area contributed by atoms with Crippen molar-refractivity contribution in [3.63, 3.8) is 0 Å². The molecule has 6 N–H and O–H groups in total. The maximum absolute atomic E-state index is 13.4. The summed E-state index contributed by atoms with van der Waals surface area (Å²) < 4.78 is 52.3. The number of alkyl halides is 3. The van der Waals surface area contributed by atoms with Gasteiger partial charge in [0, 0.05) is 42.5 Å². The van der Waals surface area contributed by atoms with E-state index in [4.69, 9.17) is 20.6 Å². The Labute approximate surface area is 212 Å². The number of H-pyrrole nitrogens is 1. The number of rotatable bonds is 9. The molecule has 190 valence electrons. The highest BCUT2D eigenvalue weighted by Crippen LogP contribution is 2.43. The molecule has 4 aromatic rings. The minimum atomic E-state index is -4.53. The molecule has 1 aromatic carbocycles. The molecule has 0 radical (unpaired) electrons. The fraction of sp³-hybridized carbons (Fsp3) is 0.250. The van der Waals surface area contributed by atoms with Crippen LogP contribution in [-0.4, -0.2) is 41.6 Å². The predicted octanol–water partition coefficient (Wildman–Crippen LogP) is 4.24. The lowest BCUT2D eigenvalue weighted by molar-refractivity contribution is -0.138. The summed E-state index contributed by atoms with van der Waals surface area (Å²) in [6, 6.07) is 7.92. The van der Waals surface area contributed by atoms with Gasteiger partial charge in [0.1, 0.15) is 16.7 Å². The van der Waals surface area contributed by atoms with Crippen LogP contribution in [0.5, 0.6) is 5.75 Å². The van der Waals surface area contributed by atoms with E-state index in [-0.39, 0.29) is 43.2 Å². The van der Waals surface area contributed by atoms with E-state index in [0.717, 1.165) is 11.5 Å². The van der Waals surface area contributed by atoms with Crippen molar-refractivity contribution in [3.8, 4) is 17.1 Å². The lowest BCUT2D eigenvalue weighted by Gasteiger charge is -2.19. The number of nitrogens with one attached hydrogen (secondary N) is 2. The fourth-order valence-corrected chi connectivity index (χ4v) is 4.44. The van der Waals surface area contributed by atoms with Crippen LogP contribution in [0.2, 0.25) is 0 Å². The highest BCUT2D eigenvalue weighted by atomic mass is 79.9. The van der Waals surface area contributed by atoms with Gasteiger partial charge in [-0.25, -0.2) is 4.98 Å². The van der Waals surface area contributed by atoms with Crippen molar-refractivity contribution < 1.29 is 27.1 Å². The molecule has 3 aromatic heterocycles. The van der Waals surface area contributed by atoms with Crippen molar-refractivity contribution in [3.05, 3.63) is 70.2 Å². The largest absolute Gasteiger partial charge is 0.487 e. The third-order valence-corrected chi connectivity index (χ3v) is 6.21. The number of nitrogens with two attached hydrogens (primary N) is 2. The highest BCUT2D eigenvalue weighted by molar-refractivity contribution is 9.10. The summed E-state index contributed by atoms with van der Waals surface area (Å²) in [5.41, 5.74) is 11.9. The molecular weight excluding hydrogens is 543 g/mol. The molecular formula is C24H23BrF3N5O3. The summed E-state index contributed by atoms with van der Waals surface area (Å²) in [5.74, 6) is -0.396. The number of halogens is 4. The average molecular weight is 566 g/mol. The van der Waals surface area contributed by atoms with E-state index in [1.54, 1.807) is 18.5 Å². The Kier molecular flexibility index (Phi) is 7.67. The number of carbonyl (C=O) groups is 1. The number of hydrogen-bond donors (Lipinski definition) is 4. The van der Waals surface area contributed by atoms with Gasteiger partial charge in [0.15, 0.2) is 11.5 Å². The van der Waals surface area contributed by atoms with Crippen LogP contribution in [0.3, 0.4) is 0 Å². The highest BCUT2D eigenvalue weighted by Gasteiger charge is 2.34. The first-order chi connectivity index (χ1) is 17.2. The zero-order chi connectivity index (χ0) is 25.9. The molecule has 0 unspecified atom stereocenters. The number of hydrogen-bond acceptors (Lipinski definition) is 6. The number of aromatic nitrogens is 2. The monoisotopic (exact) mass is 565 g/mol. The molecule has 8 nitrogen and oxygen atoms in total. The molecule has 4 rings (SSSR count). The Balaban J connectivity index is 1.66. The van der Waals surface area contributed by atoms with Gasteiger partial charge in [-0.15, -0.1) is 0 Å². The van der Waals surface area contributed by atoms with Crippen LogP contribution in [0.15, 0.2) is 57.7 Å². The summed E-state index contributed by atoms with van der Waals surface area (Å²) in [6.45, 7) is 0.192. The van der Waals surface area contributed by atoms with Crippen molar-refractivity contribution in [1.29, 1.82) is 0 Å². The van der Waals surface area contributed by atoms with Gasteiger partial charge < -0.3 is 30.9 Å². The molecule has 1 amide bonds. The van der Waals surface area contributed by atoms with Crippen LogP contribution < -0.4 is 21.5 Å². The molecule has 0 spiro atoms. The van der Waals surface area contributed by atoms with Crippen molar-refractivity contribution in [2.75, 3.05) is 19.7 Å². The van der Waals surface area contributed by atoms with Crippen molar-refractivity contribution >= 4 is 32.9 Å². The summed E-state index contributed by atoms with van der Waals surface area (Å²) in [4.78, 5) is 20.5. The zero-order valence-corrected chi connectivity index (χ0v) is 20.4. The van der Waals surface area contributed by atoms with E-state index < -0.39 is 23.7 Å². The molecule has 36 heavy (non-hydrogen) atoms. The normalized spacial score (nSPS) is 12.6. The first-order valence-electron chi connectivity index (χ1n) is 11.0. The Morgan fingerprint density at radius 1 is 1.22 bits per heavy atom. The molecule has 0 aliphatic heterocycles. The second kappa shape index (κ2) is 10.7. The number of nitrogens with zero attached hydrogens (tertiary/aromatic N) is 1. The predicted molar refractivity (Wildman–Crippen MR) is 132 cm³/mol. The fourth-order valence-electron chi connectivity index (χ4n) is 3.85. The van der Waals surface area contributed by atoms with Gasteiger partial charge in [-0.3, -0.25) is 4.79 Å². The topological polar surface area (TPSA) is 132 Å². The average Bonchev–Trinajstić information content (AvgIpc) is 3.46. The number of fused-ring (bicyclic) bond motifs is 1. The maximum atomic E-state index is 13.4. The van der Waals surface area contributed by atoms with E-state index in [9.17, 15) is 18.0 Å². The second-order valence-corrected chi connectivity index (χ2v) is 8.70. The molecule has 0 saturated heterocycles. The van der Waals surface area contributed by atoms with E-state index in [2.05, 4.69) is 31.2 Å². The first kappa shape index (κ1) is 25.7. The molecule has 0 bridgehead atoms. The number of pyridine rings is 1. The summed E-state index contributed by atoms with van der Waals surface area (Å²) in [6.07, 6.45) is -1.34. The number of ether oxygens (including phenoxy) is 1. The van der Waals surface area contributed by atoms with Gasteiger partial charge in [0.25, 0.3) is 5.91 Å². The standard InChI is InChI=1S/C24H23BrF3N5O3/c25-18-19(15-5-8-31-22-16(15)6-9-32-22)36-21(20(18)35-10-7-29)23(34)33-14(12-30)11-13-3-1-2-4-17(13)24(26,27)28/h1-6,8-9,14H,7,10-12,29-30H2,(H,31,32)(H,33,34)/t14-/m0/s1. The minimum Gasteiger partial charge on any atom is -0.487 e. The molecule has 0 saturated carbocycles. The minimum absolute atomic E-state index is 0.0216. The number of aromatic amines is 1. The Bertz CT molecular complexity index is 1370. The van der Waals surface area contributed by atoms with Crippen LogP contribution in [-0.2, 0) is 12.6 Å². The van der Waals surface area contributed by atoms with Crippen LogP contribution in [0.25, 0.3) is 22.4 Å². The van der Waals surface area contributed by atoms with Gasteiger partial charge in [-0.05, 0) is 46.1 Å². The van der Waals surface area contributed by atoms with Crippen LogP contribution in [0, 0.1) is 0 Å².